The zero-order valence-corrected chi connectivity index (χ0v) is 11.3. The van der Waals surface area contributed by atoms with Crippen molar-refractivity contribution in [2.24, 2.45) is 11.7 Å². The van der Waals surface area contributed by atoms with Crippen LogP contribution < -0.4 is 5.73 Å². The lowest BCUT2D eigenvalue weighted by molar-refractivity contribution is -0.0154. The van der Waals surface area contributed by atoms with Crippen molar-refractivity contribution in [3.63, 3.8) is 0 Å². The van der Waals surface area contributed by atoms with E-state index in [1.54, 1.807) is 7.11 Å². The molecule has 0 heterocycles. The molecule has 0 aromatic rings. The molecule has 1 aliphatic rings. The molecule has 3 unspecified atom stereocenters. The van der Waals surface area contributed by atoms with Crippen LogP contribution in [0.3, 0.4) is 0 Å². The fourth-order valence-corrected chi connectivity index (χ4v) is 3.16. The van der Waals surface area contributed by atoms with Gasteiger partial charge in [-0.15, -0.1) is 0 Å². The lowest BCUT2D eigenvalue weighted by Gasteiger charge is -2.50. The van der Waals surface area contributed by atoms with Crippen LogP contribution in [0.2, 0.25) is 0 Å². The highest BCUT2D eigenvalue weighted by atomic mass is 16.5. The van der Waals surface area contributed by atoms with E-state index in [-0.39, 0.29) is 5.54 Å². The minimum absolute atomic E-state index is 0.191. The predicted molar refractivity (Wildman–Crippen MR) is 68.5 cm³/mol. The topological polar surface area (TPSA) is 38.5 Å². The third-order valence-electron chi connectivity index (χ3n) is 4.54. The van der Waals surface area contributed by atoms with Gasteiger partial charge in [0.2, 0.25) is 0 Å². The van der Waals surface area contributed by atoms with Crippen LogP contribution in [0.25, 0.3) is 0 Å². The quantitative estimate of drug-likeness (QED) is 0.780. The van der Waals surface area contributed by atoms with Gasteiger partial charge in [-0.3, -0.25) is 4.90 Å². The van der Waals surface area contributed by atoms with Crippen LogP contribution in [0.4, 0.5) is 0 Å². The third kappa shape index (κ3) is 2.58. The summed E-state index contributed by atoms with van der Waals surface area (Å²) in [6.07, 6.45) is 5.21. The van der Waals surface area contributed by atoms with E-state index in [0.29, 0.717) is 12.0 Å². The zero-order chi connectivity index (χ0) is 12.2. The first-order valence-electron chi connectivity index (χ1n) is 6.50. The molecule has 0 aromatic heterocycles. The number of methoxy groups -OCH3 is 1. The van der Waals surface area contributed by atoms with Gasteiger partial charge in [0.15, 0.2) is 0 Å². The maximum Gasteiger partial charge on any atom is 0.0615 e. The standard InChI is InChI=1S/C13H28N2O/c1-11-7-5-6-8-13(11,10-14)15(3)12(2)9-16-4/h11-12H,5-10,14H2,1-4H3. The van der Waals surface area contributed by atoms with Gasteiger partial charge < -0.3 is 10.5 Å². The summed E-state index contributed by atoms with van der Waals surface area (Å²) < 4.78 is 5.26. The van der Waals surface area contributed by atoms with Crippen LogP contribution in [-0.4, -0.2) is 43.8 Å². The maximum absolute atomic E-state index is 6.08. The molecular weight excluding hydrogens is 200 g/mol. The van der Waals surface area contributed by atoms with Crippen molar-refractivity contribution < 1.29 is 4.74 Å². The van der Waals surface area contributed by atoms with Crippen molar-refractivity contribution in [3.05, 3.63) is 0 Å². The van der Waals surface area contributed by atoms with E-state index in [2.05, 4.69) is 25.8 Å². The van der Waals surface area contributed by atoms with E-state index < -0.39 is 0 Å². The van der Waals surface area contributed by atoms with Gasteiger partial charge in [-0.1, -0.05) is 19.8 Å². The van der Waals surface area contributed by atoms with Crippen molar-refractivity contribution in [1.82, 2.24) is 4.90 Å². The van der Waals surface area contributed by atoms with Crippen molar-refractivity contribution >= 4 is 0 Å². The van der Waals surface area contributed by atoms with Gasteiger partial charge in [-0.2, -0.15) is 0 Å². The van der Waals surface area contributed by atoms with Gasteiger partial charge in [-0.25, -0.2) is 0 Å². The molecule has 96 valence electrons. The fourth-order valence-electron chi connectivity index (χ4n) is 3.16. The second-order valence-electron chi connectivity index (χ2n) is 5.37. The van der Waals surface area contributed by atoms with Gasteiger partial charge in [0.05, 0.1) is 6.61 Å². The van der Waals surface area contributed by atoms with Crippen LogP contribution in [0.1, 0.15) is 39.5 Å². The van der Waals surface area contributed by atoms with Gasteiger partial charge in [0.25, 0.3) is 0 Å². The molecule has 3 heteroatoms. The fraction of sp³-hybridized carbons (Fsp3) is 1.00. The summed E-state index contributed by atoms with van der Waals surface area (Å²) in [5.74, 6) is 0.690. The van der Waals surface area contributed by atoms with E-state index in [1.165, 1.54) is 25.7 Å². The molecule has 1 fully saturated rings. The average molecular weight is 228 g/mol. The molecule has 1 aliphatic carbocycles. The molecule has 2 N–H and O–H groups in total. The summed E-state index contributed by atoms with van der Waals surface area (Å²) in [4.78, 5) is 2.46. The van der Waals surface area contributed by atoms with Crippen LogP contribution in [0.5, 0.6) is 0 Å². The molecule has 3 atom stereocenters. The van der Waals surface area contributed by atoms with E-state index >= 15 is 0 Å². The molecule has 1 rings (SSSR count). The summed E-state index contributed by atoms with van der Waals surface area (Å²) >= 11 is 0. The van der Waals surface area contributed by atoms with Crippen LogP contribution in [0.15, 0.2) is 0 Å². The molecule has 16 heavy (non-hydrogen) atoms. The molecular formula is C13H28N2O. The highest BCUT2D eigenvalue weighted by Gasteiger charge is 2.41. The number of hydrogen-bond acceptors (Lipinski definition) is 3. The minimum atomic E-state index is 0.191. The Balaban J connectivity index is 2.76. The summed E-state index contributed by atoms with van der Waals surface area (Å²) in [5.41, 5.74) is 6.27. The molecule has 1 saturated carbocycles. The number of nitrogens with zero attached hydrogens (tertiary/aromatic N) is 1. The highest BCUT2D eigenvalue weighted by Crippen LogP contribution is 2.37. The molecule has 3 nitrogen and oxygen atoms in total. The Labute approximate surface area is 100 Å². The largest absolute Gasteiger partial charge is 0.383 e. The van der Waals surface area contributed by atoms with E-state index in [1.807, 2.05) is 0 Å². The van der Waals surface area contributed by atoms with Gasteiger partial charge in [-0.05, 0) is 32.7 Å². The van der Waals surface area contributed by atoms with Gasteiger partial charge in [0.1, 0.15) is 0 Å². The number of likely N-dealkylation sites (N-methyl/N-ethyl adjacent to an activating group) is 1. The Morgan fingerprint density at radius 2 is 2.19 bits per heavy atom. The monoisotopic (exact) mass is 228 g/mol. The minimum Gasteiger partial charge on any atom is -0.383 e. The lowest BCUT2D eigenvalue weighted by Crippen LogP contribution is -2.61. The molecule has 0 bridgehead atoms. The predicted octanol–water partition coefficient (Wildman–Crippen LogP) is 1.86. The Morgan fingerprint density at radius 1 is 1.50 bits per heavy atom. The van der Waals surface area contributed by atoms with Crippen molar-refractivity contribution in [3.8, 4) is 0 Å². The first kappa shape index (κ1) is 13.9. The Morgan fingerprint density at radius 3 is 2.69 bits per heavy atom. The second-order valence-corrected chi connectivity index (χ2v) is 5.37. The smallest absolute Gasteiger partial charge is 0.0615 e. The summed E-state index contributed by atoms with van der Waals surface area (Å²) in [6.45, 7) is 6.12. The Bertz CT molecular complexity index is 210. The van der Waals surface area contributed by atoms with Crippen molar-refractivity contribution in [1.29, 1.82) is 0 Å². The normalized spacial score (nSPS) is 33.0. The van der Waals surface area contributed by atoms with Gasteiger partial charge >= 0.3 is 0 Å². The Hall–Kier alpha value is -0.120. The molecule has 0 saturated heterocycles. The molecule has 0 amide bonds. The third-order valence-corrected chi connectivity index (χ3v) is 4.54. The number of rotatable bonds is 5. The van der Waals surface area contributed by atoms with Crippen LogP contribution in [-0.2, 0) is 4.74 Å². The molecule has 0 radical (unpaired) electrons. The number of ether oxygens (including phenoxy) is 1. The lowest BCUT2D eigenvalue weighted by atomic mass is 9.72. The highest BCUT2D eigenvalue weighted by molar-refractivity contribution is 4.98. The van der Waals surface area contributed by atoms with E-state index in [9.17, 15) is 0 Å². The Kier molecular flexibility index (Phi) is 5.22. The SMILES string of the molecule is COCC(C)N(C)C1(CN)CCCCC1C. The van der Waals surface area contributed by atoms with E-state index in [4.69, 9.17) is 10.5 Å². The van der Waals surface area contributed by atoms with E-state index in [0.717, 1.165) is 13.2 Å². The first-order valence-corrected chi connectivity index (χ1v) is 6.50. The van der Waals surface area contributed by atoms with Crippen LogP contribution in [0, 0.1) is 5.92 Å². The summed E-state index contributed by atoms with van der Waals surface area (Å²) in [5, 5.41) is 0. The number of hydrogen-bond donors (Lipinski definition) is 1. The summed E-state index contributed by atoms with van der Waals surface area (Å²) in [6, 6.07) is 0.439. The second kappa shape index (κ2) is 5.99. The van der Waals surface area contributed by atoms with Gasteiger partial charge in [0, 0.05) is 25.2 Å². The summed E-state index contributed by atoms with van der Waals surface area (Å²) in [7, 11) is 3.97. The molecule has 0 aromatic carbocycles. The van der Waals surface area contributed by atoms with Crippen LogP contribution >= 0.6 is 0 Å². The molecule has 0 aliphatic heterocycles. The average Bonchev–Trinajstić information content (AvgIpc) is 2.29. The first-order chi connectivity index (χ1) is 7.58. The number of nitrogens with two attached hydrogens (primary N) is 1. The zero-order valence-electron chi connectivity index (χ0n) is 11.3. The molecule has 0 spiro atoms. The van der Waals surface area contributed by atoms with Crippen molar-refractivity contribution in [2.45, 2.75) is 51.1 Å². The van der Waals surface area contributed by atoms with Crippen molar-refractivity contribution in [2.75, 3.05) is 27.3 Å². The maximum atomic E-state index is 6.08.